The zero-order chi connectivity index (χ0) is 17.9. The van der Waals surface area contributed by atoms with Gasteiger partial charge in [-0.1, -0.05) is 12.1 Å². The van der Waals surface area contributed by atoms with Crippen molar-refractivity contribution in [2.75, 3.05) is 11.9 Å². The number of hydrogen-bond acceptors (Lipinski definition) is 4. The van der Waals surface area contributed by atoms with Gasteiger partial charge in [0.25, 0.3) is 0 Å². The minimum atomic E-state index is -0.0498. The molecule has 1 aromatic carbocycles. The van der Waals surface area contributed by atoms with Crippen LogP contribution in [0.15, 0.2) is 48.1 Å². The van der Waals surface area contributed by atoms with Crippen molar-refractivity contribution < 1.29 is 4.79 Å². The molecule has 134 valence electrons. The van der Waals surface area contributed by atoms with E-state index in [1.807, 2.05) is 58.4 Å². The summed E-state index contributed by atoms with van der Waals surface area (Å²) in [5, 5.41) is 10.4. The second-order valence-electron chi connectivity index (χ2n) is 6.48. The summed E-state index contributed by atoms with van der Waals surface area (Å²) in [5.74, 6) is 0. The molecule has 0 saturated carbocycles. The SMILES string of the molecule is Cc1nc(-c2cccc(NC(=O)N3CCCC3Cn3cccn3)c2)cs1. The molecule has 1 unspecified atom stereocenters. The van der Waals surface area contributed by atoms with E-state index in [0.29, 0.717) is 0 Å². The van der Waals surface area contributed by atoms with Gasteiger partial charge in [-0.15, -0.1) is 11.3 Å². The van der Waals surface area contributed by atoms with Crippen LogP contribution in [0, 0.1) is 6.92 Å². The summed E-state index contributed by atoms with van der Waals surface area (Å²) in [6.45, 7) is 3.51. The maximum atomic E-state index is 12.8. The second-order valence-corrected chi connectivity index (χ2v) is 7.54. The Bertz CT molecular complexity index is 889. The summed E-state index contributed by atoms with van der Waals surface area (Å²) in [5.41, 5.74) is 2.76. The molecule has 7 heteroatoms. The number of aromatic nitrogens is 3. The van der Waals surface area contributed by atoms with Gasteiger partial charge in [-0.3, -0.25) is 4.68 Å². The summed E-state index contributed by atoms with van der Waals surface area (Å²) < 4.78 is 1.89. The van der Waals surface area contributed by atoms with Gasteiger partial charge in [-0.05, 0) is 38.0 Å². The van der Waals surface area contributed by atoms with Crippen LogP contribution in [0.3, 0.4) is 0 Å². The van der Waals surface area contributed by atoms with Crippen molar-refractivity contribution in [1.82, 2.24) is 19.7 Å². The van der Waals surface area contributed by atoms with Gasteiger partial charge >= 0.3 is 6.03 Å². The number of benzene rings is 1. The number of nitrogens with one attached hydrogen (secondary N) is 1. The molecule has 0 spiro atoms. The molecule has 1 N–H and O–H groups in total. The van der Waals surface area contributed by atoms with Gasteiger partial charge in [0, 0.05) is 35.6 Å². The average molecular weight is 367 g/mol. The fourth-order valence-electron chi connectivity index (χ4n) is 3.36. The largest absolute Gasteiger partial charge is 0.322 e. The number of hydrogen-bond donors (Lipinski definition) is 1. The van der Waals surface area contributed by atoms with Crippen molar-refractivity contribution in [3.8, 4) is 11.3 Å². The molecule has 6 nitrogen and oxygen atoms in total. The summed E-state index contributed by atoms with van der Waals surface area (Å²) in [4.78, 5) is 19.2. The highest BCUT2D eigenvalue weighted by molar-refractivity contribution is 7.09. The predicted octanol–water partition coefficient (Wildman–Crippen LogP) is 4.01. The monoisotopic (exact) mass is 367 g/mol. The zero-order valence-electron chi connectivity index (χ0n) is 14.6. The number of urea groups is 1. The van der Waals surface area contributed by atoms with Gasteiger partial charge in [-0.25, -0.2) is 9.78 Å². The van der Waals surface area contributed by atoms with Crippen LogP contribution >= 0.6 is 11.3 Å². The molecule has 3 aromatic rings. The van der Waals surface area contributed by atoms with Crippen LogP contribution in [-0.4, -0.2) is 38.3 Å². The first kappa shape index (κ1) is 16.8. The van der Waals surface area contributed by atoms with Crippen molar-refractivity contribution >= 4 is 23.1 Å². The van der Waals surface area contributed by atoms with Gasteiger partial charge in [-0.2, -0.15) is 5.10 Å². The number of anilines is 1. The highest BCUT2D eigenvalue weighted by Crippen LogP contribution is 2.25. The Balaban J connectivity index is 1.45. The third kappa shape index (κ3) is 3.62. The molecular formula is C19H21N5OS. The standard InChI is InChI=1S/C19H21N5OS/c1-14-21-18(13-26-14)15-5-2-6-16(11-15)22-19(25)24-10-3-7-17(24)12-23-9-4-8-20-23/h2,4-6,8-9,11,13,17H,3,7,10,12H2,1H3,(H,22,25). The second kappa shape index (κ2) is 7.29. The van der Waals surface area contributed by atoms with Crippen LogP contribution in [0.2, 0.25) is 0 Å². The molecule has 2 amide bonds. The summed E-state index contributed by atoms with van der Waals surface area (Å²) >= 11 is 1.63. The molecule has 26 heavy (non-hydrogen) atoms. The van der Waals surface area contributed by atoms with E-state index in [9.17, 15) is 4.79 Å². The van der Waals surface area contributed by atoms with Crippen molar-refractivity contribution in [1.29, 1.82) is 0 Å². The predicted molar refractivity (Wildman–Crippen MR) is 103 cm³/mol. The number of aryl methyl sites for hydroxylation is 1. The molecule has 0 radical (unpaired) electrons. The summed E-state index contributed by atoms with van der Waals surface area (Å²) in [6.07, 6.45) is 5.74. The number of amides is 2. The normalized spacial score (nSPS) is 16.8. The molecule has 4 rings (SSSR count). The van der Waals surface area contributed by atoms with E-state index in [1.165, 1.54) is 0 Å². The Labute approximate surface area is 156 Å². The van der Waals surface area contributed by atoms with Gasteiger partial charge in [0.2, 0.25) is 0 Å². The van der Waals surface area contributed by atoms with Crippen molar-refractivity contribution in [3.63, 3.8) is 0 Å². The van der Waals surface area contributed by atoms with E-state index >= 15 is 0 Å². The van der Waals surface area contributed by atoms with Gasteiger partial charge in [0.1, 0.15) is 0 Å². The first-order valence-corrected chi connectivity index (χ1v) is 9.64. The van der Waals surface area contributed by atoms with Crippen LogP contribution in [-0.2, 0) is 6.54 Å². The van der Waals surface area contributed by atoms with Crippen molar-refractivity contribution in [3.05, 3.63) is 53.1 Å². The average Bonchev–Trinajstić information content (AvgIpc) is 3.37. The van der Waals surface area contributed by atoms with Crippen LogP contribution in [0.25, 0.3) is 11.3 Å². The van der Waals surface area contributed by atoms with E-state index in [-0.39, 0.29) is 12.1 Å². The highest BCUT2D eigenvalue weighted by Gasteiger charge is 2.29. The first-order valence-electron chi connectivity index (χ1n) is 8.77. The maximum absolute atomic E-state index is 12.8. The Hall–Kier alpha value is -2.67. The van der Waals surface area contributed by atoms with Gasteiger partial charge in [0.05, 0.1) is 23.3 Å². The molecule has 1 atom stereocenters. The van der Waals surface area contributed by atoms with Crippen LogP contribution < -0.4 is 5.32 Å². The molecular weight excluding hydrogens is 346 g/mol. The van der Waals surface area contributed by atoms with Crippen LogP contribution in [0.5, 0.6) is 0 Å². The van der Waals surface area contributed by atoms with E-state index in [2.05, 4.69) is 15.4 Å². The first-order chi connectivity index (χ1) is 12.7. The van der Waals surface area contributed by atoms with Crippen LogP contribution in [0.1, 0.15) is 17.8 Å². The number of thiazole rings is 1. The van der Waals surface area contributed by atoms with E-state index in [1.54, 1.807) is 17.5 Å². The topological polar surface area (TPSA) is 63.1 Å². The lowest BCUT2D eigenvalue weighted by Crippen LogP contribution is -2.40. The number of carbonyl (C=O) groups is 1. The third-order valence-electron chi connectivity index (χ3n) is 4.62. The number of nitrogens with zero attached hydrogens (tertiary/aromatic N) is 4. The lowest BCUT2D eigenvalue weighted by atomic mass is 10.1. The molecule has 3 heterocycles. The van der Waals surface area contributed by atoms with E-state index in [0.717, 1.165) is 47.9 Å². The fourth-order valence-corrected chi connectivity index (χ4v) is 3.99. The minimum Gasteiger partial charge on any atom is -0.320 e. The Morgan fingerprint density at radius 2 is 2.31 bits per heavy atom. The molecule has 2 aromatic heterocycles. The minimum absolute atomic E-state index is 0.0498. The molecule has 0 bridgehead atoms. The lowest BCUT2D eigenvalue weighted by Gasteiger charge is -2.25. The summed E-state index contributed by atoms with van der Waals surface area (Å²) in [7, 11) is 0. The van der Waals surface area contributed by atoms with E-state index in [4.69, 9.17) is 0 Å². The third-order valence-corrected chi connectivity index (χ3v) is 5.40. The van der Waals surface area contributed by atoms with Crippen molar-refractivity contribution in [2.24, 2.45) is 0 Å². The summed E-state index contributed by atoms with van der Waals surface area (Å²) in [6, 6.07) is 9.89. The highest BCUT2D eigenvalue weighted by atomic mass is 32.1. The molecule has 1 aliphatic rings. The zero-order valence-corrected chi connectivity index (χ0v) is 15.4. The Morgan fingerprint density at radius 3 is 3.08 bits per heavy atom. The number of carbonyl (C=O) groups excluding carboxylic acids is 1. The number of rotatable bonds is 4. The number of likely N-dealkylation sites (tertiary alicyclic amines) is 1. The molecule has 1 saturated heterocycles. The Kier molecular flexibility index (Phi) is 4.71. The molecule has 1 fully saturated rings. The Morgan fingerprint density at radius 1 is 1.38 bits per heavy atom. The van der Waals surface area contributed by atoms with Crippen molar-refractivity contribution in [2.45, 2.75) is 32.4 Å². The van der Waals surface area contributed by atoms with Gasteiger partial charge < -0.3 is 10.2 Å². The fraction of sp³-hybridized carbons (Fsp3) is 0.316. The van der Waals surface area contributed by atoms with Gasteiger partial charge in [0.15, 0.2) is 0 Å². The quantitative estimate of drug-likeness (QED) is 0.758. The smallest absolute Gasteiger partial charge is 0.320 e. The molecule has 0 aliphatic carbocycles. The van der Waals surface area contributed by atoms with Crippen LogP contribution in [0.4, 0.5) is 10.5 Å². The lowest BCUT2D eigenvalue weighted by molar-refractivity contribution is 0.199. The maximum Gasteiger partial charge on any atom is 0.322 e. The molecule has 1 aliphatic heterocycles. The van der Waals surface area contributed by atoms with E-state index < -0.39 is 0 Å².